The SMILES string of the molecule is Cc1ccsc1C(O)Cc1ccc(F)cc1Br. The van der Waals surface area contributed by atoms with Crippen LogP contribution < -0.4 is 0 Å². The summed E-state index contributed by atoms with van der Waals surface area (Å²) in [5.74, 6) is -0.276. The molecule has 1 aromatic carbocycles. The molecule has 0 aliphatic carbocycles. The van der Waals surface area contributed by atoms with Gasteiger partial charge in [-0.3, -0.25) is 0 Å². The maximum atomic E-state index is 12.9. The third-order valence-electron chi connectivity index (χ3n) is 2.63. The van der Waals surface area contributed by atoms with Crippen molar-refractivity contribution in [2.24, 2.45) is 0 Å². The van der Waals surface area contributed by atoms with Gasteiger partial charge in [-0.05, 0) is 41.6 Å². The van der Waals surface area contributed by atoms with Crippen molar-refractivity contribution in [3.05, 3.63) is 55.9 Å². The second kappa shape index (κ2) is 5.29. The molecular formula is C13H12BrFOS. The van der Waals surface area contributed by atoms with Crippen LogP contribution in [-0.2, 0) is 6.42 Å². The number of hydrogen-bond acceptors (Lipinski definition) is 2. The molecule has 0 saturated carbocycles. The lowest BCUT2D eigenvalue weighted by atomic mass is 10.1. The molecule has 1 heterocycles. The van der Waals surface area contributed by atoms with Crippen molar-refractivity contribution >= 4 is 27.3 Å². The van der Waals surface area contributed by atoms with Gasteiger partial charge < -0.3 is 5.11 Å². The van der Waals surface area contributed by atoms with Crippen LogP contribution in [0, 0.1) is 12.7 Å². The lowest BCUT2D eigenvalue weighted by molar-refractivity contribution is 0.181. The standard InChI is InChI=1S/C13H12BrFOS/c1-8-4-5-17-13(8)12(16)6-9-2-3-10(15)7-11(9)14/h2-5,7,12,16H,6H2,1H3. The molecule has 0 radical (unpaired) electrons. The predicted octanol–water partition coefficient (Wildman–Crippen LogP) is 4.23. The van der Waals surface area contributed by atoms with Crippen LogP contribution in [0.3, 0.4) is 0 Å². The maximum Gasteiger partial charge on any atom is 0.124 e. The lowest BCUT2D eigenvalue weighted by Crippen LogP contribution is -2.02. The number of rotatable bonds is 3. The van der Waals surface area contributed by atoms with Crippen LogP contribution in [0.1, 0.15) is 22.1 Å². The summed E-state index contributed by atoms with van der Waals surface area (Å²) in [6.45, 7) is 1.98. The molecule has 0 amide bonds. The smallest absolute Gasteiger partial charge is 0.124 e. The fourth-order valence-corrected chi connectivity index (χ4v) is 3.14. The quantitative estimate of drug-likeness (QED) is 0.898. The molecule has 1 aromatic heterocycles. The minimum Gasteiger partial charge on any atom is -0.387 e. The normalized spacial score (nSPS) is 12.7. The first-order valence-corrected chi connectivity index (χ1v) is 6.91. The molecule has 1 nitrogen and oxygen atoms in total. The number of aliphatic hydroxyl groups is 1. The van der Waals surface area contributed by atoms with E-state index < -0.39 is 6.10 Å². The molecule has 0 aliphatic rings. The molecule has 0 fully saturated rings. The lowest BCUT2D eigenvalue weighted by Gasteiger charge is -2.11. The Morgan fingerprint density at radius 3 is 2.76 bits per heavy atom. The summed E-state index contributed by atoms with van der Waals surface area (Å²) >= 11 is 4.86. The first kappa shape index (κ1) is 12.7. The minimum absolute atomic E-state index is 0.276. The molecule has 17 heavy (non-hydrogen) atoms. The maximum absolute atomic E-state index is 12.9. The zero-order valence-corrected chi connectivity index (χ0v) is 11.7. The van der Waals surface area contributed by atoms with Crippen molar-refractivity contribution in [3.63, 3.8) is 0 Å². The molecule has 1 N–H and O–H groups in total. The van der Waals surface area contributed by atoms with E-state index in [9.17, 15) is 9.50 Å². The minimum atomic E-state index is -0.531. The van der Waals surface area contributed by atoms with Gasteiger partial charge in [-0.2, -0.15) is 0 Å². The van der Waals surface area contributed by atoms with E-state index in [0.717, 1.165) is 16.0 Å². The molecule has 4 heteroatoms. The highest BCUT2D eigenvalue weighted by Gasteiger charge is 2.14. The van der Waals surface area contributed by atoms with E-state index in [1.54, 1.807) is 17.4 Å². The van der Waals surface area contributed by atoms with Gasteiger partial charge in [0.1, 0.15) is 5.82 Å². The summed E-state index contributed by atoms with van der Waals surface area (Å²) < 4.78 is 13.6. The van der Waals surface area contributed by atoms with E-state index in [-0.39, 0.29) is 5.82 Å². The van der Waals surface area contributed by atoms with Gasteiger partial charge in [0.25, 0.3) is 0 Å². The van der Waals surface area contributed by atoms with Crippen LogP contribution >= 0.6 is 27.3 Å². The molecule has 2 rings (SSSR count). The fourth-order valence-electron chi connectivity index (χ4n) is 1.71. The average molecular weight is 315 g/mol. The van der Waals surface area contributed by atoms with Gasteiger partial charge in [-0.25, -0.2) is 4.39 Å². The average Bonchev–Trinajstić information content (AvgIpc) is 2.68. The van der Waals surface area contributed by atoms with Gasteiger partial charge in [0.05, 0.1) is 6.10 Å². The predicted molar refractivity (Wildman–Crippen MR) is 71.8 cm³/mol. The molecule has 0 spiro atoms. The Hall–Kier alpha value is -0.710. The van der Waals surface area contributed by atoms with E-state index in [4.69, 9.17) is 0 Å². The molecule has 0 saturated heterocycles. The molecule has 0 aliphatic heterocycles. The summed E-state index contributed by atoms with van der Waals surface area (Å²) in [7, 11) is 0. The van der Waals surface area contributed by atoms with Crippen LogP contribution in [0.4, 0.5) is 4.39 Å². The zero-order valence-electron chi connectivity index (χ0n) is 9.28. The second-order valence-electron chi connectivity index (χ2n) is 3.92. The number of thiophene rings is 1. The summed E-state index contributed by atoms with van der Waals surface area (Å²) in [5.41, 5.74) is 2.01. The molecule has 1 atom stereocenters. The molecule has 90 valence electrons. The molecule has 0 bridgehead atoms. The Balaban J connectivity index is 2.19. The van der Waals surface area contributed by atoms with Crippen molar-refractivity contribution in [2.45, 2.75) is 19.4 Å². The summed E-state index contributed by atoms with van der Waals surface area (Å²) in [4.78, 5) is 0.973. The molecular weight excluding hydrogens is 303 g/mol. The van der Waals surface area contributed by atoms with Crippen LogP contribution in [0.15, 0.2) is 34.1 Å². The van der Waals surface area contributed by atoms with Gasteiger partial charge in [0, 0.05) is 15.8 Å². The summed E-state index contributed by atoms with van der Waals surface area (Å²) in [6, 6.07) is 6.52. The Kier molecular flexibility index (Phi) is 3.97. The monoisotopic (exact) mass is 314 g/mol. The highest BCUT2D eigenvalue weighted by Crippen LogP contribution is 2.29. The number of aliphatic hydroxyl groups excluding tert-OH is 1. The third-order valence-corrected chi connectivity index (χ3v) is 4.49. The van der Waals surface area contributed by atoms with Gasteiger partial charge in [0.2, 0.25) is 0 Å². The van der Waals surface area contributed by atoms with Crippen molar-refractivity contribution in [1.82, 2.24) is 0 Å². The molecule has 1 unspecified atom stereocenters. The topological polar surface area (TPSA) is 20.2 Å². The Labute approximate surface area is 112 Å². The van der Waals surface area contributed by atoms with Crippen molar-refractivity contribution < 1.29 is 9.50 Å². The number of aryl methyl sites for hydroxylation is 1. The van der Waals surface area contributed by atoms with Gasteiger partial charge >= 0.3 is 0 Å². The summed E-state index contributed by atoms with van der Waals surface area (Å²) in [6.07, 6.45) is -0.0425. The van der Waals surface area contributed by atoms with E-state index >= 15 is 0 Å². The first-order chi connectivity index (χ1) is 8.08. The number of hydrogen-bond donors (Lipinski definition) is 1. The number of benzene rings is 1. The zero-order chi connectivity index (χ0) is 12.4. The van der Waals surface area contributed by atoms with Crippen LogP contribution in [0.5, 0.6) is 0 Å². The van der Waals surface area contributed by atoms with Crippen molar-refractivity contribution in [2.75, 3.05) is 0 Å². The number of halogens is 2. The third kappa shape index (κ3) is 2.94. The second-order valence-corrected chi connectivity index (χ2v) is 5.73. The highest BCUT2D eigenvalue weighted by molar-refractivity contribution is 9.10. The Morgan fingerprint density at radius 1 is 1.41 bits per heavy atom. The van der Waals surface area contributed by atoms with Crippen LogP contribution in [0.2, 0.25) is 0 Å². The van der Waals surface area contributed by atoms with E-state index in [2.05, 4.69) is 15.9 Å². The van der Waals surface area contributed by atoms with E-state index in [0.29, 0.717) is 10.9 Å². The first-order valence-electron chi connectivity index (χ1n) is 5.24. The van der Waals surface area contributed by atoms with Gasteiger partial charge in [-0.1, -0.05) is 22.0 Å². The fraction of sp³-hybridized carbons (Fsp3) is 0.231. The van der Waals surface area contributed by atoms with E-state index in [1.165, 1.54) is 12.1 Å². The van der Waals surface area contributed by atoms with Gasteiger partial charge in [-0.15, -0.1) is 11.3 Å². The highest BCUT2D eigenvalue weighted by atomic mass is 79.9. The van der Waals surface area contributed by atoms with Crippen molar-refractivity contribution in [1.29, 1.82) is 0 Å². The Morgan fingerprint density at radius 2 is 2.18 bits per heavy atom. The van der Waals surface area contributed by atoms with Gasteiger partial charge in [0.15, 0.2) is 0 Å². The molecule has 2 aromatic rings. The largest absolute Gasteiger partial charge is 0.387 e. The summed E-state index contributed by atoms with van der Waals surface area (Å²) in [5, 5.41) is 12.1. The van der Waals surface area contributed by atoms with Crippen LogP contribution in [0.25, 0.3) is 0 Å². The van der Waals surface area contributed by atoms with Crippen molar-refractivity contribution in [3.8, 4) is 0 Å². The van der Waals surface area contributed by atoms with Crippen LogP contribution in [-0.4, -0.2) is 5.11 Å². The Bertz CT molecular complexity index is 524. The van der Waals surface area contributed by atoms with E-state index in [1.807, 2.05) is 18.4 Å².